The second kappa shape index (κ2) is 7.23. The molecule has 1 saturated heterocycles. The Hall–Kier alpha value is -1.73. The van der Waals surface area contributed by atoms with Crippen LogP contribution in [0.1, 0.15) is 30.5 Å². The minimum atomic E-state index is -0.564. The van der Waals surface area contributed by atoms with Gasteiger partial charge < -0.3 is 10.6 Å². The number of carbonyl (C=O) groups is 1. The van der Waals surface area contributed by atoms with Gasteiger partial charge in [-0.1, -0.05) is 6.92 Å². The summed E-state index contributed by atoms with van der Waals surface area (Å²) >= 11 is 1.69. The van der Waals surface area contributed by atoms with E-state index in [1.807, 2.05) is 16.9 Å². The van der Waals surface area contributed by atoms with Gasteiger partial charge in [0, 0.05) is 30.7 Å². The SMILES string of the molecule is CCc1nc(CCNC(=O)C2(n3cccn3)CCNCC2)cs1. The van der Waals surface area contributed by atoms with Gasteiger partial charge in [-0.25, -0.2) is 4.98 Å². The fraction of sp³-hybridized carbons (Fsp3) is 0.562. The van der Waals surface area contributed by atoms with Crippen molar-refractivity contribution in [2.75, 3.05) is 19.6 Å². The van der Waals surface area contributed by atoms with Crippen LogP contribution in [0.4, 0.5) is 0 Å². The van der Waals surface area contributed by atoms with Crippen molar-refractivity contribution in [1.29, 1.82) is 0 Å². The Morgan fingerprint density at radius 3 is 2.96 bits per heavy atom. The molecule has 0 unspecified atom stereocenters. The first-order valence-electron chi connectivity index (χ1n) is 8.17. The zero-order valence-electron chi connectivity index (χ0n) is 13.4. The van der Waals surface area contributed by atoms with Gasteiger partial charge in [0.15, 0.2) is 0 Å². The lowest BCUT2D eigenvalue weighted by Gasteiger charge is -2.36. The number of aryl methyl sites for hydroxylation is 1. The summed E-state index contributed by atoms with van der Waals surface area (Å²) < 4.78 is 1.82. The number of carbonyl (C=O) groups excluding carboxylic acids is 1. The van der Waals surface area contributed by atoms with Gasteiger partial charge in [0.2, 0.25) is 5.91 Å². The summed E-state index contributed by atoms with van der Waals surface area (Å²) in [5.74, 6) is 0.0636. The van der Waals surface area contributed by atoms with Gasteiger partial charge in [0.25, 0.3) is 0 Å². The van der Waals surface area contributed by atoms with Crippen molar-refractivity contribution in [3.63, 3.8) is 0 Å². The number of hydrogen-bond donors (Lipinski definition) is 2. The van der Waals surface area contributed by atoms with Crippen molar-refractivity contribution < 1.29 is 4.79 Å². The molecule has 1 amide bonds. The summed E-state index contributed by atoms with van der Waals surface area (Å²) in [7, 11) is 0. The van der Waals surface area contributed by atoms with Gasteiger partial charge in [-0.05, 0) is 38.4 Å². The Bertz CT molecular complexity index is 631. The molecule has 0 spiro atoms. The molecule has 0 aliphatic carbocycles. The summed E-state index contributed by atoms with van der Waals surface area (Å²) in [4.78, 5) is 17.4. The molecule has 0 radical (unpaired) electrons. The Balaban J connectivity index is 1.62. The number of hydrogen-bond acceptors (Lipinski definition) is 5. The summed E-state index contributed by atoms with van der Waals surface area (Å²) in [5, 5.41) is 14.0. The number of thiazole rings is 1. The first-order valence-corrected chi connectivity index (χ1v) is 9.05. The van der Waals surface area contributed by atoms with Gasteiger partial charge in [0.05, 0.1) is 10.7 Å². The van der Waals surface area contributed by atoms with Crippen LogP contribution in [0.3, 0.4) is 0 Å². The first-order chi connectivity index (χ1) is 11.2. The van der Waals surface area contributed by atoms with Crippen LogP contribution >= 0.6 is 11.3 Å². The van der Waals surface area contributed by atoms with Crippen molar-refractivity contribution in [2.24, 2.45) is 0 Å². The summed E-state index contributed by atoms with van der Waals surface area (Å²) in [5.41, 5.74) is 0.497. The zero-order valence-corrected chi connectivity index (χ0v) is 14.2. The van der Waals surface area contributed by atoms with E-state index in [1.54, 1.807) is 17.5 Å². The average Bonchev–Trinajstić information content (AvgIpc) is 3.27. The molecule has 2 aromatic heterocycles. The third-order valence-electron chi connectivity index (χ3n) is 4.36. The van der Waals surface area contributed by atoms with Crippen LogP contribution in [0.5, 0.6) is 0 Å². The van der Waals surface area contributed by atoms with Gasteiger partial charge in [-0.2, -0.15) is 5.10 Å². The van der Waals surface area contributed by atoms with Crippen molar-refractivity contribution >= 4 is 17.2 Å². The van der Waals surface area contributed by atoms with Crippen LogP contribution in [0.2, 0.25) is 0 Å². The Kier molecular flexibility index (Phi) is 5.07. The Labute approximate surface area is 140 Å². The molecule has 0 atom stereocenters. The van der Waals surface area contributed by atoms with E-state index in [0.717, 1.165) is 49.5 Å². The number of rotatable bonds is 6. The summed E-state index contributed by atoms with van der Waals surface area (Å²) in [6, 6.07) is 1.87. The van der Waals surface area contributed by atoms with E-state index >= 15 is 0 Å². The van der Waals surface area contributed by atoms with E-state index in [0.29, 0.717) is 6.54 Å². The van der Waals surface area contributed by atoms with E-state index in [2.05, 4.69) is 33.0 Å². The summed E-state index contributed by atoms with van der Waals surface area (Å²) in [6.45, 7) is 4.38. The summed E-state index contributed by atoms with van der Waals surface area (Å²) in [6.07, 6.45) is 6.88. The quantitative estimate of drug-likeness (QED) is 0.837. The minimum Gasteiger partial charge on any atom is -0.354 e. The van der Waals surface area contributed by atoms with Gasteiger partial charge >= 0.3 is 0 Å². The Morgan fingerprint density at radius 1 is 1.48 bits per heavy atom. The third-order valence-corrected chi connectivity index (χ3v) is 5.41. The van der Waals surface area contributed by atoms with Crippen LogP contribution in [0, 0.1) is 0 Å². The number of piperidine rings is 1. The van der Waals surface area contributed by atoms with Gasteiger partial charge in [-0.3, -0.25) is 9.48 Å². The molecule has 1 aliphatic rings. The van der Waals surface area contributed by atoms with Crippen molar-refractivity contribution in [3.8, 4) is 0 Å². The number of nitrogens with one attached hydrogen (secondary N) is 2. The number of amides is 1. The lowest BCUT2D eigenvalue weighted by Crippen LogP contribution is -2.54. The smallest absolute Gasteiger partial charge is 0.248 e. The predicted octanol–water partition coefficient (Wildman–Crippen LogP) is 1.34. The van der Waals surface area contributed by atoms with E-state index in [4.69, 9.17) is 0 Å². The van der Waals surface area contributed by atoms with E-state index in [1.165, 1.54) is 0 Å². The molecular formula is C16H23N5OS. The standard InChI is InChI=1S/C16H23N5OS/c1-2-14-20-13(12-23-14)4-8-18-15(22)16(5-9-17-10-6-16)21-11-3-7-19-21/h3,7,11-12,17H,2,4-6,8-10H2,1H3,(H,18,22). The molecule has 0 saturated carbocycles. The van der Waals surface area contributed by atoms with Crippen molar-refractivity contribution in [2.45, 2.75) is 38.1 Å². The van der Waals surface area contributed by atoms with Crippen LogP contribution in [-0.2, 0) is 23.2 Å². The molecule has 3 rings (SSSR count). The molecule has 7 heteroatoms. The van der Waals surface area contributed by atoms with Gasteiger partial charge in [-0.15, -0.1) is 11.3 Å². The highest BCUT2D eigenvalue weighted by molar-refractivity contribution is 7.09. The maximum Gasteiger partial charge on any atom is 0.248 e. The second-order valence-corrected chi connectivity index (χ2v) is 6.77. The normalized spacial score (nSPS) is 17.1. The van der Waals surface area contributed by atoms with Crippen molar-refractivity contribution in [3.05, 3.63) is 34.5 Å². The highest BCUT2D eigenvalue weighted by atomic mass is 32.1. The van der Waals surface area contributed by atoms with Crippen LogP contribution in [-0.4, -0.2) is 40.3 Å². The van der Waals surface area contributed by atoms with Crippen molar-refractivity contribution in [1.82, 2.24) is 25.4 Å². The van der Waals surface area contributed by atoms with E-state index in [-0.39, 0.29) is 5.91 Å². The third kappa shape index (κ3) is 3.45. The van der Waals surface area contributed by atoms with Gasteiger partial charge in [0.1, 0.15) is 5.54 Å². The van der Waals surface area contributed by atoms with Crippen LogP contribution < -0.4 is 10.6 Å². The molecule has 2 aromatic rings. The lowest BCUT2D eigenvalue weighted by molar-refractivity contribution is -0.131. The number of aromatic nitrogens is 3. The molecule has 0 bridgehead atoms. The van der Waals surface area contributed by atoms with E-state index < -0.39 is 5.54 Å². The molecule has 23 heavy (non-hydrogen) atoms. The number of nitrogens with zero attached hydrogens (tertiary/aromatic N) is 3. The molecule has 6 nitrogen and oxygen atoms in total. The fourth-order valence-corrected chi connectivity index (χ4v) is 3.80. The van der Waals surface area contributed by atoms with E-state index in [9.17, 15) is 4.79 Å². The molecule has 1 aliphatic heterocycles. The fourth-order valence-electron chi connectivity index (χ4n) is 3.02. The minimum absolute atomic E-state index is 0.0636. The maximum atomic E-state index is 12.9. The Morgan fingerprint density at radius 2 is 2.30 bits per heavy atom. The molecular weight excluding hydrogens is 310 g/mol. The van der Waals surface area contributed by atoms with Crippen LogP contribution in [0.15, 0.2) is 23.8 Å². The molecule has 2 N–H and O–H groups in total. The average molecular weight is 333 g/mol. The predicted molar refractivity (Wildman–Crippen MR) is 90.5 cm³/mol. The molecule has 3 heterocycles. The van der Waals surface area contributed by atoms with Crippen LogP contribution in [0.25, 0.3) is 0 Å². The molecule has 124 valence electrons. The molecule has 1 fully saturated rings. The highest BCUT2D eigenvalue weighted by Crippen LogP contribution is 2.27. The topological polar surface area (TPSA) is 71.8 Å². The monoisotopic (exact) mass is 333 g/mol. The largest absolute Gasteiger partial charge is 0.354 e. The maximum absolute atomic E-state index is 12.9. The second-order valence-electron chi connectivity index (χ2n) is 5.82. The molecule has 0 aromatic carbocycles. The lowest BCUT2D eigenvalue weighted by atomic mass is 9.87. The zero-order chi connectivity index (χ0) is 16.1. The highest BCUT2D eigenvalue weighted by Gasteiger charge is 2.41. The first kappa shape index (κ1) is 16.1.